The van der Waals surface area contributed by atoms with Gasteiger partial charge in [0.15, 0.2) is 0 Å². The molecule has 0 aromatic heterocycles. The number of anilines is 1. The summed E-state index contributed by atoms with van der Waals surface area (Å²) in [6, 6.07) is 17.8. The number of hydrogen-bond donors (Lipinski definition) is 0. The molecule has 2 rings (SSSR count). The number of hydrogen-bond acceptors (Lipinski definition) is 3. The number of para-hydroxylation sites is 1. The van der Waals surface area contributed by atoms with Crippen LogP contribution in [0.3, 0.4) is 0 Å². The van der Waals surface area contributed by atoms with Gasteiger partial charge in [-0.15, -0.1) is 0 Å². The van der Waals surface area contributed by atoms with Crippen molar-refractivity contribution in [3.05, 3.63) is 66.2 Å². The highest BCUT2D eigenvalue weighted by molar-refractivity contribution is 7.92. The molecule has 5 nitrogen and oxygen atoms in total. The van der Waals surface area contributed by atoms with Gasteiger partial charge in [0.25, 0.3) is 0 Å². The van der Waals surface area contributed by atoms with Gasteiger partial charge < -0.3 is 4.90 Å². The molecule has 0 bridgehead atoms. The summed E-state index contributed by atoms with van der Waals surface area (Å²) < 4.78 is 27.2. The van der Waals surface area contributed by atoms with Crippen LogP contribution in [0.4, 0.5) is 5.69 Å². The van der Waals surface area contributed by atoms with Gasteiger partial charge in [-0.1, -0.05) is 48.5 Å². The molecular formula is C19H24N2O3S. The summed E-state index contributed by atoms with van der Waals surface area (Å²) in [6.07, 6.45) is 0. The molecular weight excluding hydrogens is 336 g/mol. The van der Waals surface area contributed by atoms with E-state index < -0.39 is 10.0 Å². The third-order valence-electron chi connectivity index (χ3n) is 3.97. The molecule has 0 aliphatic heterocycles. The van der Waals surface area contributed by atoms with Gasteiger partial charge in [0.05, 0.1) is 11.4 Å². The first-order valence-electron chi connectivity index (χ1n) is 8.35. The molecule has 0 N–H and O–H groups in total. The van der Waals surface area contributed by atoms with Gasteiger partial charge >= 0.3 is 0 Å². The van der Waals surface area contributed by atoms with Crippen molar-refractivity contribution in [2.45, 2.75) is 19.6 Å². The minimum Gasteiger partial charge on any atom is -0.342 e. The number of benzene rings is 2. The molecule has 0 aliphatic rings. The summed E-state index contributed by atoms with van der Waals surface area (Å²) in [7, 11) is -3.69. The van der Waals surface area contributed by atoms with Gasteiger partial charge in [0.1, 0.15) is 6.54 Å². The second kappa shape index (κ2) is 8.67. The van der Waals surface area contributed by atoms with Crippen LogP contribution in [0.2, 0.25) is 0 Å². The van der Waals surface area contributed by atoms with E-state index in [1.807, 2.05) is 26.0 Å². The first kappa shape index (κ1) is 19.0. The van der Waals surface area contributed by atoms with E-state index in [1.165, 1.54) is 4.31 Å². The standard InChI is InChI=1S/C19H24N2O3S/c1-3-20(4-2)19(22)15-21(18-13-9-6-10-14-18)25(23,24)16-17-11-7-5-8-12-17/h5-14H,3-4,15-16H2,1-2H3. The third-order valence-corrected chi connectivity index (χ3v) is 5.68. The quantitative estimate of drug-likeness (QED) is 0.727. The summed E-state index contributed by atoms with van der Waals surface area (Å²) >= 11 is 0. The van der Waals surface area contributed by atoms with Crippen molar-refractivity contribution >= 4 is 21.6 Å². The normalized spacial score (nSPS) is 11.1. The van der Waals surface area contributed by atoms with Crippen molar-refractivity contribution in [3.63, 3.8) is 0 Å². The molecule has 6 heteroatoms. The Hall–Kier alpha value is -2.34. The Morgan fingerprint density at radius 2 is 1.40 bits per heavy atom. The number of nitrogens with zero attached hydrogens (tertiary/aromatic N) is 2. The number of sulfonamides is 1. The van der Waals surface area contributed by atoms with Gasteiger partial charge in [-0.3, -0.25) is 9.10 Å². The average molecular weight is 360 g/mol. The molecule has 0 radical (unpaired) electrons. The fourth-order valence-electron chi connectivity index (χ4n) is 2.61. The number of likely N-dealkylation sites (N-methyl/N-ethyl adjacent to an activating group) is 1. The summed E-state index contributed by atoms with van der Waals surface area (Å²) in [6.45, 7) is 4.67. The highest BCUT2D eigenvalue weighted by atomic mass is 32.2. The molecule has 25 heavy (non-hydrogen) atoms. The minimum absolute atomic E-state index is 0.145. The van der Waals surface area contributed by atoms with Gasteiger partial charge in [0, 0.05) is 13.1 Å². The molecule has 0 spiro atoms. The van der Waals surface area contributed by atoms with Crippen LogP contribution in [0, 0.1) is 0 Å². The fourth-order valence-corrected chi connectivity index (χ4v) is 4.13. The van der Waals surface area contributed by atoms with Gasteiger partial charge in [-0.05, 0) is 31.5 Å². The Kier molecular flexibility index (Phi) is 6.58. The van der Waals surface area contributed by atoms with Crippen LogP contribution in [0.1, 0.15) is 19.4 Å². The maximum absolute atomic E-state index is 13.0. The molecule has 134 valence electrons. The van der Waals surface area contributed by atoms with Crippen molar-refractivity contribution in [2.24, 2.45) is 0 Å². The zero-order chi connectivity index (χ0) is 18.3. The predicted octanol–water partition coefficient (Wildman–Crippen LogP) is 2.89. The molecule has 0 unspecified atom stereocenters. The van der Waals surface area contributed by atoms with Gasteiger partial charge in [-0.2, -0.15) is 0 Å². The topological polar surface area (TPSA) is 57.7 Å². The predicted molar refractivity (Wildman–Crippen MR) is 101 cm³/mol. The second-order valence-corrected chi connectivity index (χ2v) is 7.54. The number of rotatable bonds is 8. The zero-order valence-electron chi connectivity index (χ0n) is 14.6. The summed E-state index contributed by atoms with van der Waals surface area (Å²) in [4.78, 5) is 14.1. The average Bonchev–Trinajstić information content (AvgIpc) is 2.62. The van der Waals surface area contributed by atoms with E-state index in [2.05, 4.69) is 0 Å². The molecule has 0 heterocycles. The lowest BCUT2D eigenvalue weighted by Crippen LogP contribution is -2.43. The monoisotopic (exact) mass is 360 g/mol. The first-order chi connectivity index (χ1) is 12.0. The lowest BCUT2D eigenvalue weighted by atomic mass is 10.2. The zero-order valence-corrected chi connectivity index (χ0v) is 15.4. The molecule has 0 aliphatic carbocycles. The van der Waals surface area contributed by atoms with Crippen LogP contribution < -0.4 is 4.31 Å². The Morgan fingerprint density at radius 3 is 1.92 bits per heavy atom. The van der Waals surface area contributed by atoms with Crippen LogP contribution >= 0.6 is 0 Å². The van der Waals surface area contributed by atoms with Crippen LogP contribution in [-0.2, 0) is 20.6 Å². The van der Waals surface area contributed by atoms with Crippen molar-refractivity contribution in [2.75, 3.05) is 23.9 Å². The van der Waals surface area contributed by atoms with Crippen molar-refractivity contribution in [1.29, 1.82) is 0 Å². The Bertz CT molecular complexity index is 773. The summed E-state index contributed by atoms with van der Waals surface area (Å²) in [5.41, 5.74) is 1.19. The van der Waals surface area contributed by atoms with E-state index in [0.717, 1.165) is 0 Å². The van der Waals surface area contributed by atoms with Crippen LogP contribution in [0.25, 0.3) is 0 Å². The maximum atomic E-state index is 13.0. The van der Waals surface area contributed by atoms with Crippen LogP contribution in [0.5, 0.6) is 0 Å². The summed E-state index contributed by atoms with van der Waals surface area (Å²) in [5, 5.41) is 0. The van der Waals surface area contributed by atoms with E-state index in [0.29, 0.717) is 24.3 Å². The SMILES string of the molecule is CCN(CC)C(=O)CN(c1ccccc1)S(=O)(=O)Cc1ccccc1. The van der Waals surface area contributed by atoms with E-state index in [4.69, 9.17) is 0 Å². The number of amides is 1. The minimum atomic E-state index is -3.69. The number of carbonyl (C=O) groups excluding carboxylic acids is 1. The number of carbonyl (C=O) groups is 1. The van der Waals surface area contributed by atoms with Crippen molar-refractivity contribution < 1.29 is 13.2 Å². The van der Waals surface area contributed by atoms with E-state index in [-0.39, 0.29) is 18.2 Å². The molecule has 2 aromatic carbocycles. The third kappa shape index (κ3) is 5.06. The first-order valence-corrected chi connectivity index (χ1v) is 9.96. The van der Waals surface area contributed by atoms with Crippen LogP contribution in [0.15, 0.2) is 60.7 Å². The van der Waals surface area contributed by atoms with E-state index in [9.17, 15) is 13.2 Å². The fraction of sp³-hybridized carbons (Fsp3) is 0.316. The highest BCUT2D eigenvalue weighted by Crippen LogP contribution is 2.20. The Labute approximate surface area is 149 Å². The second-order valence-electron chi connectivity index (χ2n) is 5.65. The lowest BCUT2D eigenvalue weighted by molar-refractivity contribution is -0.129. The molecule has 0 saturated carbocycles. The highest BCUT2D eigenvalue weighted by Gasteiger charge is 2.26. The molecule has 1 amide bonds. The lowest BCUT2D eigenvalue weighted by Gasteiger charge is -2.27. The molecule has 0 saturated heterocycles. The Morgan fingerprint density at radius 1 is 0.880 bits per heavy atom. The van der Waals surface area contributed by atoms with Gasteiger partial charge in [-0.25, -0.2) is 8.42 Å². The van der Waals surface area contributed by atoms with Crippen LogP contribution in [-0.4, -0.2) is 38.9 Å². The molecule has 2 aromatic rings. The maximum Gasteiger partial charge on any atom is 0.243 e. The molecule has 0 fully saturated rings. The van der Waals surface area contributed by atoms with E-state index >= 15 is 0 Å². The molecule has 0 atom stereocenters. The van der Waals surface area contributed by atoms with Crippen molar-refractivity contribution in [3.8, 4) is 0 Å². The Balaban J connectivity index is 2.32. The largest absolute Gasteiger partial charge is 0.342 e. The van der Waals surface area contributed by atoms with Crippen molar-refractivity contribution in [1.82, 2.24) is 4.90 Å². The smallest absolute Gasteiger partial charge is 0.243 e. The van der Waals surface area contributed by atoms with E-state index in [1.54, 1.807) is 53.4 Å². The van der Waals surface area contributed by atoms with Gasteiger partial charge in [0.2, 0.25) is 15.9 Å². The summed E-state index contributed by atoms with van der Waals surface area (Å²) in [5.74, 6) is -0.348.